The summed E-state index contributed by atoms with van der Waals surface area (Å²) in [5.74, 6) is 0.570. The summed E-state index contributed by atoms with van der Waals surface area (Å²) in [6.07, 6.45) is 8.15. The highest BCUT2D eigenvalue weighted by atomic mass is 32.1. The molecule has 2 aromatic carbocycles. The maximum Gasteiger partial charge on any atom is 0.256 e. The lowest BCUT2D eigenvalue weighted by atomic mass is 10.00. The number of pyridine rings is 1. The van der Waals surface area contributed by atoms with Crippen LogP contribution in [0.4, 0.5) is 5.69 Å². The molecule has 1 aliphatic heterocycles. The largest absolute Gasteiger partial charge is 0.490 e. The smallest absolute Gasteiger partial charge is 0.256 e. The van der Waals surface area contributed by atoms with E-state index in [-0.39, 0.29) is 11.9 Å². The number of aromatic amines is 1. The average molecular weight is 493 g/mol. The first kappa shape index (κ1) is 22.3. The van der Waals surface area contributed by atoms with Crippen LogP contribution in [0.3, 0.4) is 0 Å². The second-order valence-electron chi connectivity index (χ2n) is 8.83. The van der Waals surface area contributed by atoms with Crippen molar-refractivity contribution in [3.05, 3.63) is 101 Å². The molecule has 3 aromatic heterocycles. The summed E-state index contributed by atoms with van der Waals surface area (Å²) >= 11 is 1.60. The topological polar surface area (TPSA) is 93.0 Å². The van der Waals surface area contributed by atoms with Crippen LogP contribution >= 0.6 is 11.3 Å². The minimum atomic E-state index is -0.158. The molecule has 0 aliphatic carbocycles. The minimum Gasteiger partial charge on any atom is -0.490 e. The van der Waals surface area contributed by atoms with Crippen LogP contribution < -0.4 is 15.8 Å². The Morgan fingerprint density at radius 3 is 2.86 bits per heavy atom. The Hall–Kier alpha value is -4.20. The van der Waals surface area contributed by atoms with Gasteiger partial charge in [-0.25, -0.2) is 0 Å². The van der Waals surface area contributed by atoms with Crippen LogP contribution in [0.2, 0.25) is 0 Å². The second kappa shape index (κ2) is 9.45. The molecule has 4 heterocycles. The highest BCUT2D eigenvalue weighted by Gasteiger charge is 2.24. The molecule has 4 N–H and O–H groups in total. The van der Waals surface area contributed by atoms with E-state index in [1.165, 1.54) is 10.9 Å². The fourth-order valence-electron chi connectivity index (χ4n) is 4.53. The molecule has 0 unspecified atom stereocenters. The number of anilines is 1. The van der Waals surface area contributed by atoms with Gasteiger partial charge in [-0.1, -0.05) is 30.3 Å². The normalized spacial score (nSPS) is 14.7. The van der Waals surface area contributed by atoms with Crippen molar-refractivity contribution in [3.63, 3.8) is 0 Å². The van der Waals surface area contributed by atoms with E-state index in [9.17, 15) is 4.79 Å². The zero-order chi connectivity index (χ0) is 24.5. The number of nitrogens with two attached hydrogens (primary N) is 1. The van der Waals surface area contributed by atoms with Crippen LogP contribution in [0.1, 0.15) is 16.0 Å². The molecule has 6 nitrogen and oxygen atoms in total. The van der Waals surface area contributed by atoms with Gasteiger partial charge in [-0.15, -0.1) is 11.3 Å². The Morgan fingerprint density at radius 1 is 1.06 bits per heavy atom. The number of rotatable bonds is 7. The van der Waals surface area contributed by atoms with Gasteiger partial charge in [-0.05, 0) is 59.3 Å². The predicted molar refractivity (Wildman–Crippen MR) is 146 cm³/mol. The van der Waals surface area contributed by atoms with Crippen molar-refractivity contribution in [1.82, 2.24) is 9.97 Å². The molecule has 6 rings (SSSR count). The Balaban J connectivity index is 1.18. The maximum absolute atomic E-state index is 12.6. The zero-order valence-corrected chi connectivity index (χ0v) is 20.2. The predicted octanol–water partition coefficient (Wildman–Crippen LogP) is 5.73. The van der Waals surface area contributed by atoms with E-state index in [0.717, 1.165) is 32.8 Å². The lowest BCUT2D eigenvalue weighted by Crippen LogP contribution is -2.30. The summed E-state index contributed by atoms with van der Waals surface area (Å²) in [4.78, 5) is 21.3. The van der Waals surface area contributed by atoms with Crippen LogP contribution in [0.5, 0.6) is 5.75 Å². The Labute approximate surface area is 212 Å². The average Bonchev–Trinajstić information content (AvgIpc) is 3.63. The van der Waals surface area contributed by atoms with Gasteiger partial charge in [0.15, 0.2) is 0 Å². The monoisotopic (exact) mass is 492 g/mol. The molecule has 36 heavy (non-hydrogen) atoms. The third kappa shape index (κ3) is 4.42. The van der Waals surface area contributed by atoms with Crippen LogP contribution in [0, 0.1) is 0 Å². The molecule has 0 saturated heterocycles. The number of hydrogen-bond acceptors (Lipinski definition) is 5. The third-order valence-corrected chi connectivity index (χ3v) is 7.12. The fourth-order valence-corrected chi connectivity index (χ4v) is 5.18. The number of para-hydroxylation sites is 1. The number of ether oxygens (including phenoxy) is 1. The minimum absolute atomic E-state index is 0.0880. The molecule has 0 radical (unpaired) electrons. The molecule has 1 atom stereocenters. The van der Waals surface area contributed by atoms with Gasteiger partial charge in [0.25, 0.3) is 5.91 Å². The van der Waals surface area contributed by atoms with Gasteiger partial charge >= 0.3 is 0 Å². The maximum atomic E-state index is 12.6. The first-order valence-corrected chi connectivity index (χ1v) is 12.6. The van der Waals surface area contributed by atoms with Gasteiger partial charge in [0.2, 0.25) is 0 Å². The third-order valence-electron chi connectivity index (χ3n) is 6.30. The number of carbonyl (C=O) groups is 1. The van der Waals surface area contributed by atoms with Gasteiger partial charge in [0.1, 0.15) is 12.4 Å². The SMILES string of the molecule is N[C@@H](COc1cncc(-c2ccc3c(c2)C(=Cc2cccs2)C(=O)N3)c1)Cc1c[nH]c2ccccc12. The number of fused-ring (bicyclic) bond motifs is 2. The molecule has 178 valence electrons. The van der Waals surface area contributed by atoms with Crippen LogP contribution in [-0.4, -0.2) is 28.5 Å². The van der Waals surface area contributed by atoms with E-state index in [1.54, 1.807) is 23.7 Å². The molecular formula is C29H24N4O2S. The van der Waals surface area contributed by atoms with E-state index in [4.69, 9.17) is 10.5 Å². The summed E-state index contributed by atoms with van der Waals surface area (Å²) in [5.41, 5.74) is 12.9. The molecule has 1 aliphatic rings. The van der Waals surface area contributed by atoms with Crippen molar-refractivity contribution >= 4 is 45.5 Å². The fraction of sp³-hybridized carbons (Fsp3) is 0.103. The van der Waals surface area contributed by atoms with Crippen LogP contribution in [0.15, 0.2) is 84.6 Å². The number of amides is 1. The molecule has 0 bridgehead atoms. The quantitative estimate of drug-likeness (QED) is 0.253. The molecule has 0 fully saturated rings. The van der Waals surface area contributed by atoms with Crippen molar-refractivity contribution in [2.45, 2.75) is 12.5 Å². The Bertz CT molecular complexity index is 1590. The summed E-state index contributed by atoms with van der Waals surface area (Å²) in [5, 5.41) is 6.14. The molecule has 1 amide bonds. The van der Waals surface area contributed by atoms with E-state index in [1.807, 2.05) is 66.2 Å². The number of H-pyrrole nitrogens is 1. The van der Waals surface area contributed by atoms with E-state index in [0.29, 0.717) is 24.4 Å². The van der Waals surface area contributed by atoms with Crippen molar-refractivity contribution in [2.24, 2.45) is 5.73 Å². The van der Waals surface area contributed by atoms with Crippen molar-refractivity contribution in [2.75, 3.05) is 11.9 Å². The van der Waals surface area contributed by atoms with Crippen molar-refractivity contribution in [3.8, 4) is 16.9 Å². The van der Waals surface area contributed by atoms with Crippen molar-refractivity contribution < 1.29 is 9.53 Å². The molecule has 5 aromatic rings. The molecule has 0 saturated carbocycles. The molecular weight excluding hydrogens is 468 g/mol. The standard InChI is InChI=1S/C29H24N4O2S/c30-21(10-20-15-32-27-6-2-1-5-24(20)27)17-35-22-11-19(14-31-16-22)18-7-8-28-25(12-18)26(29(34)33-28)13-23-4-3-9-36-23/h1-9,11-16,21,32H,10,17,30H2,(H,33,34)/t21-/m1/s1. The van der Waals surface area contributed by atoms with Gasteiger partial charge in [-0.3, -0.25) is 9.78 Å². The number of nitrogens with one attached hydrogen (secondary N) is 2. The van der Waals surface area contributed by atoms with Gasteiger partial charge < -0.3 is 20.8 Å². The number of benzene rings is 2. The lowest BCUT2D eigenvalue weighted by Gasteiger charge is -2.13. The molecule has 0 spiro atoms. The number of aromatic nitrogens is 2. The second-order valence-corrected chi connectivity index (χ2v) is 9.81. The van der Waals surface area contributed by atoms with Gasteiger partial charge in [0, 0.05) is 51.0 Å². The highest BCUT2D eigenvalue weighted by molar-refractivity contribution is 7.11. The summed E-state index contributed by atoms with van der Waals surface area (Å²) in [6, 6.07) is 19.9. The number of hydrogen-bond donors (Lipinski definition) is 3. The zero-order valence-electron chi connectivity index (χ0n) is 19.4. The van der Waals surface area contributed by atoms with Crippen molar-refractivity contribution in [1.29, 1.82) is 0 Å². The van der Waals surface area contributed by atoms with Gasteiger partial charge in [-0.2, -0.15) is 0 Å². The molecule has 7 heteroatoms. The number of thiophene rings is 1. The summed E-state index contributed by atoms with van der Waals surface area (Å²) in [6.45, 7) is 0.376. The van der Waals surface area contributed by atoms with Crippen LogP contribution in [-0.2, 0) is 11.2 Å². The Morgan fingerprint density at radius 2 is 1.97 bits per heavy atom. The van der Waals surface area contributed by atoms with E-state index in [2.05, 4.69) is 27.4 Å². The first-order valence-electron chi connectivity index (χ1n) is 11.7. The first-order chi connectivity index (χ1) is 17.6. The number of carbonyl (C=O) groups excluding carboxylic acids is 1. The Kier molecular flexibility index (Phi) is 5.85. The van der Waals surface area contributed by atoms with Gasteiger partial charge in [0.05, 0.1) is 11.8 Å². The van der Waals surface area contributed by atoms with E-state index >= 15 is 0 Å². The summed E-state index contributed by atoms with van der Waals surface area (Å²) < 4.78 is 6.02. The van der Waals surface area contributed by atoms with Crippen LogP contribution in [0.25, 0.3) is 33.7 Å². The van der Waals surface area contributed by atoms with E-state index < -0.39 is 0 Å². The highest BCUT2D eigenvalue weighted by Crippen LogP contribution is 2.37. The lowest BCUT2D eigenvalue weighted by molar-refractivity contribution is -0.110. The summed E-state index contributed by atoms with van der Waals surface area (Å²) in [7, 11) is 0. The number of nitrogens with zero attached hydrogens (tertiary/aromatic N) is 1.